The van der Waals surface area contributed by atoms with Gasteiger partial charge in [-0.3, -0.25) is 10.00 Å². The van der Waals surface area contributed by atoms with Gasteiger partial charge in [0.25, 0.3) is 0 Å². The molecule has 36 heavy (non-hydrogen) atoms. The van der Waals surface area contributed by atoms with Crippen LogP contribution in [0.2, 0.25) is 0 Å². The number of piperidine rings is 1. The number of nitrogens with one attached hydrogen (secondary N) is 2. The summed E-state index contributed by atoms with van der Waals surface area (Å²) in [5.41, 5.74) is 6.00. The van der Waals surface area contributed by atoms with Crippen LogP contribution in [0.3, 0.4) is 0 Å². The van der Waals surface area contributed by atoms with E-state index < -0.39 is 0 Å². The maximum atomic E-state index is 5.98. The largest absolute Gasteiger partial charge is 0.497 e. The van der Waals surface area contributed by atoms with E-state index in [-0.39, 0.29) is 0 Å². The first-order chi connectivity index (χ1) is 17.7. The van der Waals surface area contributed by atoms with Crippen molar-refractivity contribution >= 4 is 0 Å². The second-order valence-corrected chi connectivity index (χ2v) is 9.74. The predicted octanol–water partition coefficient (Wildman–Crippen LogP) is 4.61. The van der Waals surface area contributed by atoms with E-state index in [2.05, 4.69) is 74.8 Å². The summed E-state index contributed by atoms with van der Waals surface area (Å²) in [4.78, 5) is 5.04. The van der Waals surface area contributed by atoms with Crippen molar-refractivity contribution in [1.29, 1.82) is 0 Å². The summed E-state index contributed by atoms with van der Waals surface area (Å²) in [5, 5.41) is 11.2. The minimum atomic E-state index is 0.358. The lowest BCUT2D eigenvalue weighted by Gasteiger charge is -2.39. The normalized spacial score (nSPS) is 18.8. The molecule has 0 amide bonds. The predicted molar refractivity (Wildman–Crippen MR) is 142 cm³/mol. The Balaban J connectivity index is 1.11. The quantitative estimate of drug-likeness (QED) is 0.407. The molecule has 0 bridgehead atoms. The zero-order valence-electron chi connectivity index (χ0n) is 21.3. The molecule has 2 N–H and O–H groups in total. The van der Waals surface area contributed by atoms with Gasteiger partial charge in [-0.15, -0.1) is 0 Å². The van der Waals surface area contributed by atoms with Crippen molar-refractivity contribution in [3.63, 3.8) is 0 Å². The lowest BCUT2D eigenvalue weighted by Crippen LogP contribution is -2.48. The summed E-state index contributed by atoms with van der Waals surface area (Å²) in [6, 6.07) is 18.5. The summed E-state index contributed by atoms with van der Waals surface area (Å²) in [5.74, 6) is 1.48. The van der Waals surface area contributed by atoms with E-state index >= 15 is 0 Å². The second kappa shape index (κ2) is 11.6. The van der Waals surface area contributed by atoms with Crippen molar-refractivity contribution < 1.29 is 9.47 Å². The first-order valence-corrected chi connectivity index (χ1v) is 12.9. The number of rotatable bonds is 10. The Bertz CT molecular complexity index is 1120. The molecule has 0 saturated carbocycles. The van der Waals surface area contributed by atoms with Gasteiger partial charge in [0.2, 0.25) is 0 Å². The van der Waals surface area contributed by atoms with Crippen molar-refractivity contribution in [3.05, 3.63) is 83.8 Å². The van der Waals surface area contributed by atoms with Gasteiger partial charge in [0, 0.05) is 42.0 Å². The van der Waals surface area contributed by atoms with Gasteiger partial charge < -0.3 is 19.7 Å². The molecule has 0 spiro atoms. The number of methoxy groups -OCH3 is 1. The van der Waals surface area contributed by atoms with Gasteiger partial charge >= 0.3 is 0 Å². The van der Waals surface area contributed by atoms with E-state index in [1.807, 2.05) is 24.4 Å². The molecule has 1 aromatic heterocycles. The van der Waals surface area contributed by atoms with E-state index in [0.29, 0.717) is 18.7 Å². The minimum Gasteiger partial charge on any atom is -0.497 e. The summed E-state index contributed by atoms with van der Waals surface area (Å²) in [7, 11) is 1.69. The highest BCUT2D eigenvalue weighted by Crippen LogP contribution is 2.30. The molecule has 1 saturated heterocycles. The van der Waals surface area contributed by atoms with Crippen molar-refractivity contribution in [2.24, 2.45) is 5.92 Å². The van der Waals surface area contributed by atoms with E-state index in [0.717, 1.165) is 49.8 Å². The summed E-state index contributed by atoms with van der Waals surface area (Å²) >= 11 is 0. The summed E-state index contributed by atoms with van der Waals surface area (Å²) in [6.45, 7) is 7.59. The number of allylic oxidation sites excluding steroid dienone is 1. The van der Waals surface area contributed by atoms with Gasteiger partial charge in [-0.2, -0.15) is 5.10 Å². The average molecular weight is 488 g/mol. The number of nitrogens with zero attached hydrogens (tertiary/aromatic N) is 3. The number of H-pyrrole nitrogens is 1. The topological polar surface area (TPSA) is 65.7 Å². The lowest BCUT2D eigenvalue weighted by molar-refractivity contribution is 0.0641. The molecule has 190 valence electrons. The highest BCUT2D eigenvalue weighted by Gasteiger charge is 2.33. The van der Waals surface area contributed by atoms with Crippen LogP contribution in [0, 0.1) is 5.92 Å². The maximum absolute atomic E-state index is 5.98. The molecular weight excluding hydrogens is 450 g/mol. The zero-order valence-corrected chi connectivity index (χ0v) is 21.3. The second-order valence-electron chi connectivity index (χ2n) is 9.74. The Hall–Kier alpha value is -3.29. The number of likely N-dealkylation sites (tertiary alicyclic amines) is 1. The van der Waals surface area contributed by atoms with E-state index in [4.69, 9.17) is 9.47 Å². The molecule has 5 rings (SSSR count). The maximum Gasteiger partial charge on any atom is 0.118 e. The molecule has 1 unspecified atom stereocenters. The van der Waals surface area contributed by atoms with Crippen LogP contribution < -0.4 is 10.1 Å². The lowest BCUT2D eigenvalue weighted by atomic mass is 9.92. The van der Waals surface area contributed by atoms with Crippen LogP contribution in [0.25, 0.3) is 11.3 Å². The summed E-state index contributed by atoms with van der Waals surface area (Å²) < 4.78 is 11.3. The molecule has 3 aromatic rings. The number of aromatic amines is 1. The fraction of sp³-hybridized carbons (Fsp3) is 0.414. The van der Waals surface area contributed by atoms with Crippen LogP contribution in [-0.2, 0) is 17.9 Å². The number of aromatic nitrogens is 2. The SMILES string of the molecule is COc1ccc(-c2[nH]ncc2CN2CCC(C3NC=C(C)N3CCOCc3ccccc3)CC2)cc1. The molecule has 3 heterocycles. The van der Waals surface area contributed by atoms with Crippen LogP contribution in [0.4, 0.5) is 0 Å². The molecule has 1 fully saturated rings. The Kier molecular flexibility index (Phi) is 7.88. The molecular formula is C29H37N5O2. The van der Waals surface area contributed by atoms with Crippen molar-refractivity contribution in [3.8, 4) is 17.0 Å². The Morgan fingerprint density at radius 2 is 1.81 bits per heavy atom. The monoisotopic (exact) mass is 487 g/mol. The molecule has 2 aromatic carbocycles. The standard InChI is InChI=1S/C29H37N5O2/c1-22-18-30-29(34(22)16-17-36-21-23-6-4-3-5-7-23)25-12-14-33(15-13-25)20-26-19-31-32-28(26)24-8-10-27(35-2)11-9-24/h3-11,18-19,25,29-30H,12-17,20-21H2,1-2H3,(H,31,32). The molecule has 0 radical (unpaired) electrons. The zero-order chi connectivity index (χ0) is 24.7. The van der Waals surface area contributed by atoms with E-state index in [9.17, 15) is 0 Å². The molecule has 7 heteroatoms. The molecule has 2 aliphatic heterocycles. The van der Waals surface area contributed by atoms with Crippen LogP contribution in [0.5, 0.6) is 5.75 Å². The van der Waals surface area contributed by atoms with E-state index in [1.165, 1.54) is 29.7 Å². The van der Waals surface area contributed by atoms with Gasteiger partial charge in [-0.1, -0.05) is 30.3 Å². The minimum absolute atomic E-state index is 0.358. The highest BCUT2D eigenvalue weighted by molar-refractivity contribution is 5.63. The van der Waals surface area contributed by atoms with Crippen molar-refractivity contribution in [1.82, 2.24) is 25.3 Å². The number of ether oxygens (including phenoxy) is 2. The molecule has 7 nitrogen and oxygen atoms in total. The first-order valence-electron chi connectivity index (χ1n) is 12.9. The highest BCUT2D eigenvalue weighted by atomic mass is 16.5. The molecule has 1 atom stereocenters. The fourth-order valence-electron chi connectivity index (χ4n) is 5.34. The number of benzene rings is 2. The third-order valence-electron chi connectivity index (χ3n) is 7.41. The Morgan fingerprint density at radius 1 is 1.03 bits per heavy atom. The van der Waals surface area contributed by atoms with Gasteiger partial charge in [0.15, 0.2) is 0 Å². The molecule has 2 aliphatic rings. The number of hydrogen-bond donors (Lipinski definition) is 2. The third-order valence-corrected chi connectivity index (χ3v) is 7.41. The van der Waals surface area contributed by atoms with E-state index in [1.54, 1.807) is 7.11 Å². The first kappa shape index (κ1) is 24.4. The number of hydrogen-bond acceptors (Lipinski definition) is 6. The van der Waals surface area contributed by atoms with Gasteiger partial charge in [0.1, 0.15) is 11.9 Å². The van der Waals surface area contributed by atoms with Crippen molar-refractivity contribution in [2.75, 3.05) is 33.4 Å². The Labute approximate surface area is 214 Å². The van der Waals surface area contributed by atoms with Gasteiger partial charge in [-0.05, 0) is 62.7 Å². The van der Waals surface area contributed by atoms with Crippen LogP contribution in [0.15, 0.2) is 72.7 Å². The molecule has 0 aliphatic carbocycles. The van der Waals surface area contributed by atoms with Crippen molar-refractivity contribution in [2.45, 2.75) is 39.1 Å². The fourth-order valence-corrected chi connectivity index (χ4v) is 5.34. The van der Waals surface area contributed by atoms with Crippen LogP contribution >= 0.6 is 0 Å². The Morgan fingerprint density at radius 3 is 2.56 bits per heavy atom. The average Bonchev–Trinajstić information content (AvgIpc) is 3.54. The van der Waals surface area contributed by atoms with Gasteiger partial charge in [0.05, 0.1) is 32.2 Å². The summed E-state index contributed by atoms with van der Waals surface area (Å²) in [6.07, 6.45) is 6.84. The van der Waals surface area contributed by atoms with Crippen LogP contribution in [0.1, 0.15) is 30.9 Å². The van der Waals surface area contributed by atoms with Gasteiger partial charge in [-0.25, -0.2) is 0 Å². The smallest absolute Gasteiger partial charge is 0.118 e. The third kappa shape index (κ3) is 5.74. The van der Waals surface area contributed by atoms with Crippen LogP contribution in [-0.4, -0.2) is 59.5 Å².